The van der Waals surface area contributed by atoms with Crippen LogP contribution in [0.3, 0.4) is 0 Å². The molecule has 2 atom stereocenters. The summed E-state index contributed by atoms with van der Waals surface area (Å²) in [4.78, 5) is 34.1. The highest BCUT2D eigenvalue weighted by Crippen LogP contribution is 2.33. The van der Waals surface area contributed by atoms with Crippen molar-refractivity contribution in [1.82, 2.24) is 14.5 Å². The molecule has 3 heterocycles. The summed E-state index contributed by atoms with van der Waals surface area (Å²) in [5.41, 5.74) is 1.12. The monoisotopic (exact) mass is 372 g/mol. The van der Waals surface area contributed by atoms with E-state index in [-0.39, 0.29) is 35.6 Å². The minimum atomic E-state index is -0.631. The Kier molecular flexibility index (Phi) is 4.69. The minimum Gasteiger partial charge on any atom is -0.389 e. The number of aliphatic hydroxyl groups excluding tert-OH is 1. The second-order valence-electron chi connectivity index (χ2n) is 7.43. The number of ketones is 1. The van der Waals surface area contributed by atoms with Gasteiger partial charge in [-0.3, -0.25) is 14.2 Å². The number of carbonyl (C=O) groups is 1. The molecule has 0 unspecified atom stereocenters. The average Bonchev–Trinajstić information content (AvgIpc) is 2.58. The number of aromatic nitrogens is 3. The molecular weight excluding hydrogens is 348 g/mol. The number of pyridine rings is 1. The molecule has 0 bridgehead atoms. The lowest BCUT2D eigenvalue weighted by Gasteiger charge is -2.30. The molecule has 4 rings (SSSR count). The Morgan fingerprint density at radius 3 is 2.78 bits per heavy atom. The first-order valence-corrected chi connectivity index (χ1v) is 9.42. The summed E-state index contributed by atoms with van der Waals surface area (Å²) < 4.78 is 6.91. The van der Waals surface area contributed by atoms with E-state index in [9.17, 15) is 14.7 Å². The molecule has 2 aromatic rings. The first kappa shape index (κ1) is 18.1. The molecule has 0 spiro atoms. The minimum absolute atomic E-state index is 0.0649. The molecule has 8 nitrogen and oxygen atoms in total. The lowest BCUT2D eigenvalue weighted by molar-refractivity contribution is -0.0136. The van der Waals surface area contributed by atoms with Gasteiger partial charge in [-0.25, -0.2) is 4.98 Å². The van der Waals surface area contributed by atoms with Crippen molar-refractivity contribution in [2.45, 2.75) is 57.7 Å². The van der Waals surface area contributed by atoms with E-state index in [1.807, 2.05) is 0 Å². The molecule has 2 aliphatic rings. The van der Waals surface area contributed by atoms with Gasteiger partial charge in [0.25, 0.3) is 5.56 Å². The van der Waals surface area contributed by atoms with Crippen LogP contribution in [-0.2, 0) is 4.74 Å². The molecule has 0 aromatic carbocycles. The number of anilines is 1. The highest BCUT2D eigenvalue weighted by atomic mass is 16.5. The summed E-state index contributed by atoms with van der Waals surface area (Å²) in [5.74, 6) is 0.135. The number of nitrogens with zero attached hydrogens (tertiary/aromatic N) is 3. The quantitative estimate of drug-likeness (QED) is 0.785. The summed E-state index contributed by atoms with van der Waals surface area (Å²) in [7, 11) is 0. The second-order valence-corrected chi connectivity index (χ2v) is 7.43. The molecule has 27 heavy (non-hydrogen) atoms. The molecule has 2 N–H and O–H groups in total. The fourth-order valence-corrected chi connectivity index (χ4v) is 3.86. The van der Waals surface area contributed by atoms with Crippen LogP contribution < -0.4 is 10.9 Å². The summed E-state index contributed by atoms with van der Waals surface area (Å²) >= 11 is 0. The fourth-order valence-electron chi connectivity index (χ4n) is 3.86. The first-order chi connectivity index (χ1) is 13.0. The van der Waals surface area contributed by atoms with Crippen molar-refractivity contribution in [2.75, 3.05) is 18.5 Å². The van der Waals surface area contributed by atoms with Crippen molar-refractivity contribution >= 4 is 22.8 Å². The molecule has 8 heteroatoms. The van der Waals surface area contributed by atoms with E-state index in [1.54, 1.807) is 17.7 Å². The maximum Gasteiger partial charge on any atom is 0.263 e. The summed E-state index contributed by atoms with van der Waals surface area (Å²) in [6.45, 7) is 4.03. The Balaban J connectivity index is 1.83. The van der Waals surface area contributed by atoms with E-state index in [4.69, 9.17) is 4.74 Å². The number of rotatable bonds is 4. The standard InChI is InChI=1S/C19H24N4O4/c1-10-13-8-20-19(21-14-6-7-27-9-15(14)25)22-17(13)23(12-4-3-5-12)18(26)16(10)11(2)24/h8,12,14-15,25H,3-7,9H2,1-2H3,(H,20,21,22)/t14-,15+/m1/s1. The van der Waals surface area contributed by atoms with E-state index in [2.05, 4.69) is 15.3 Å². The van der Waals surface area contributed by atoms with Gasteiger partial charge in [0, 0.05) is 24.2 Å². The molecule has 1 aliphatic heterocycles. The predicted molar refractivity (Wildman–Crippen MR) is 100 cm³/mol. The smallest absolute Gasteiger partial charge is 0.263 e. The van der Waals surface area contributed by atoms with Crippen molar-refractivity contribution in [2.24, 2.45) is 0 Å². The lowest BCUT2D eigenvalue weighted by atomic mass is 9.91. The topological polar surface area (TPSA) is 106 Å². The number of ether oxygens (including phenoxy) is 1. The Morgan fingerprint density at radius 2 is 2.15 bits per heavy atom. The van der Waals surface area contributed by atoms with E-state index in [0.717, 1.165) is 19.3 Å². The van der Waals surface area contributed by atoms with Gasteiger partial charge in [0.1, 0.15) is 5.65 Å². The second kappa shape index (κ2) is 7.01. The van der Waals surface area contributed by atoms with Gasteiger partial charge < -0.3 is 15.2 Å². The van der Waals surface area contributed by atoms with Crippen molar-refractivity contribution in [3.63, 3.8) is 0 Å². The molecule has 0 amide bonds. The number of fused-ring (bicyclic) bond motifs is 1. The van der Waals surface area contributed by atoms with Gasteiger partial charge in [-0.1, -0.05) is 0 Å². The maximum atomic E-state index is 13.0. The molecule has 2 aromatic heterocycles. The lowest BCUT2D eigenvalue weighted by Crippen LogP contribution is -2.42. The molecule has 144 valence electrons. The molecule has 1 saturated heterocycles. The Bertz CT molecular complexity index is 951. The van der Waals surface area contributed by atoms with Gasteiger partial charge in [-0.2, -0.15) is 4.98 Å². The number of hydrogen-bond acceptors (Lipinski definition) is 7. The predicted octanol–water partition coefficient (Wildman–Crippen LogP) is 1.59. The number of aryl methyl sites for hydroxylation is 1. The number of nitrogens with one attached hydrogen (secondary N) is 1. The van der Waals surface area contributed by atoms with Crippen molar-refractivity contribution in [3.05, 3.63) is 27.7 Å². The van der Waals surface area contributed by atoms with Gasteiger partial charge in [0.2, 0.25) is 5.95 Å². The van der Waals surface area contributed by atoms with E-state index >= 15 is 0 Å². The maximum absolute atomic E-state index is 13.0. The summed E-state index contributed by atoms with van der Waals surface area (Å²) in [6.07, 6.45) is 4.55. The highest BCUT2D eigenvalue weighted by Gasteiger charge is 2.28. The summed E-state index contributed by atoms with van der Waals surface area (Å²) in [5, 5.41) is 14.0. The Labute approximate surface area is 156 Å². The van der Waals surface area contributed by atoms with Crippen LogP contribution in [0.4, 0.5) is 5.95 Å². The van der Waals surface area contributed by atoms with Gasteiger partial charge >= 0.3 is 0 Å². The van der Waals surface area contributed by atoms with Gasteiger partial charge in [-0.05, 0) is 45.1 Å². The van der Waals surface area contributed by atoms with Crippen molar-refractivity contribution in [1.29, 1.82) is 0 Å². The zero-order valence-electron chi connectivity index (χ0n) is 15.6. The van der Waals surface area contributed by atoms with Crippen LogP contribution in [0, 0.1) is 6.92 Å². The molecule has 2 fully saturated rings. The number of carbonyl (C=O) groups excluding carboxylic acids is 1. The van der Waals surface area contributed by atoms with Gasteiger partial charge in [0.05, 0.1) is 24.3 Å². The normalized spacial score (nSPS) is 23.2. The Morgan fingerprint density at radius 1 is 1.37 bits per heavy atom. The van der Waals surface area contributed by atoms with E-state index < -0.39 is 6.10 Å². The first-order valence-electron chi connectivity index (χ1n) is 9.42. The van der Waals surface area contributed by atoms with E-state index in [1.165, 1.54) is 6.92 Å². The van der Waals surface area contributed by atoms with Crippen LogP contribution >= 0.6 is 0 Å². The highest BCUT2D eigenvalue weighted by molar-refractivity contribution is 5.99. The largest absolute Gasteiger partial charge is 0.389 e. The SMILES string of the molecule is CC(=O)c1c(C)c2cnc(N[C@@H]3CCOC[C@@H]3O)nc2n(C2CCC2)c1=O. The Hall–Kier alpha value is -2.32. The molecule has 1 aliphatic carbocycles. The number of Topliss-reactive ketones (excluding diaryl/α,β-unsaturated/α-hetero) is 1. The third kappa shape index (κ3) is 3.12. The number of aliphatic hydroxyl groups is 1. The third-order valence-corrected chi connectivity index (χ3v) is 5.64. The third-order valence-electron chi connectivity index (χ3n) is 5.64. The average molecular weight is 372 g/mol. The molecule has 0 radical (unpaired) electrons. The zero-order chi connectivity index (χ0) is 19.1. The van der Waals surface area contributed by atoms with Crippen molar-refractivity contribution < 1.29 is 14.6 Å². The van der Waals surface area contributed by atoms with Crippen LogP contribution in [-0.4, -0.2) is 50.8 Å². The van der Waals surface area contributed by atoms with Gasteiger partial charge in [0.15, 0.2) is 5.78 Å². The zero-order valence-corrected chi connectivity index (χ0v) is 15.6. The number of hydrogen-bond donors (Lipinski definition) is 2. The molecular formula is C19H24N4O4. The van der Waals surface area contributed by atoms with E-state index in [0.29, 0.717) is 35.6 Å². The van der Waals surface area contributed by atoms with Crippen LogP contribution in [0.5, 0.6) is 0 Å². The van der Waals surface area contributed by atoms with Crippen LogP contribution in [0.15, 0.2) is 11.0 Å². The molecule has 1 saturated carbocycles. The fraction of sp³-hybridized carbons (Fsp3) is 0.579. The van der Waals surface area contributed by atoms with Crippen LogP contribution in [0.1, 0.15) is 54.6 Å². The van der Waals surface area contributed by atoms with Gasteiger partial charge in [-0.15, -0.1) is 0 Å². The van der Waals surface area contributed by atoms with Crippen LogP contribution in [0.25, 0.3) is 11.0 Å². The van der Waals surface area contributed by atoms with Crippen molar-refractivity contribution in [3.8, 4) is 0 Å². The summed E-state index contributed by atoms with van der Waals surface area (Å²) in [6, 6.07) is -0.132. The van der Waals surface area contributed by atoms with Crippen LogP contribution in [0.2, 0.25) is 0 Å².